The molecule has 52 valence electrons. The maximum absolute atomic E-state index is 9.95. The van der Waals surface area contributed by atoms with Crippen LogP contribution in [0.3, 0.4) is 0 Å². The summed E-state index contributed by atoms with van der Waals surface area (Å²) in [6.45, 7) is 3.22. The van der Waals surface area contributed by atoms with Crippen molar-refractivity contribution in [2.45, 2.75) is 19.5 Å². The number of nitrogens with two attached hydrogens (primary N) is 2. The Kier molecular flexibility index (Phi) is 2.27. The van der Waals surface area contributed by atoms with E-state index in [0.717, 1.165) is 0 Å². The standard InChI is InChI=1S/C4H10N4O/c1-4(2,6)8-7-3(5)9/h6H2,1-2H3,(H2,5,9). The number of nitrogens with zero attached hydrogens (tertiary/aromatic N) is 2. The van der Waals surface area contributed by atoms with Crippen molar-refractivity contribution in [3.63, 3.8) is 0 Å². The van der Waals surface area contributed by atoms with Gasteiger partial charge in [0.1, 0.15) is 5.66 Å². The zero-order chi connectivity index (χ0) is 7.49. The minimum absolute atomic E-state index is 0.810. The second kappa shape index (κ2) is 2.54. The van der Waals surface area contributed by atoms with Crippen LogP contribution in [0.1, 0.15) is 13.8 Å². The fourth-order valence-electron chi connectivity index (χ4n) is 0.178. The number of hydrogen-bond donors (Lipinski definition) is 2. The van der Waals surface area contributed by atoms with E-state index in [1.807, 2.05) is 0 Å². The number of carbonyl (C=O) groups excluding carboxylic acids is 1. The third-order valence-corrected chi connectivity index (χ3v) is 0.406. The highest BCUT2D eigenvalue weighted by Crippen LogP contribution is 1.97. The molecule has 5 heteroatoms. The molecule has 4 N–H and O–H groups in total. The lowest BCUT2D eigenvalue weighted by Crippen LogP contribution is -2.28. The average molecular weight is 130 g/mol. The van der Waals surface area contributed by atoms with Crippen LogP contribution in [-0.2, 0) is 0 Å². The highest BCUT2D eigenvalue weighted by Gasteiger charge is 2.06. The van der Waals surface area contributed by atoms with E-state index in [0.29, 0.717) is 0 Å². The minimum atomic E-state index is -0.825. The van der Waals surface area contributed by atoms with Gasteiger partial charge in [0.15, 0.2) is 0 Å². The lowest BCUT2D eigenvalue weighted by Gasteiger charge is -2.07. The predicted molar refractivity (Wildman–Crippen MR) is 32.7 cm³/mol. The maximum Gasteiger partial charge on any atom is 0.356 e. The zero-order valence-corrected chi connectivity index (χ0v) is 5.46. The Morgan fingerprint density at radius 3 is 2.11 bits per heavy atom. The van der Waals surface area contributed by atoms with Crippen molar-refractivity contribution in [3.05, 3.63) is 0 Å². The third kappa shape index (κ3) is 7.03. The average Bonchev–Trinajstić information content (AvgIpc) is 1.59. The van der Waals surface area contributed by atoms with Crippen LogP contribution >= 0.6 is 0 Å². The number of hydrogen-bond acceptors (Lipinski definition) is 3. The summed E-state index contributed by atoms with van der Waals surface area (Å²) in [5.74, 6) is 0. The topological polar surface area (TPSA) is 93.8 Å². The maximum atomic E-state index is 9.95. The quantitative estimate of drug-likeness (QED) is 0.496. The number of primary amides is 1. The van der Waals surface area contributed by atoms with Crippen molar-refractivity contribution >= 4 is 6.03 Å². The van der Waals surface area contributed by atoms with Gasteiger partial charge in [-0.2, -0.15) is 5.11 Å². The van der Waals surface area contributed by atoms with Crippen LogP contribution in [0.15, 0.2) is 10.2 Å². The van der Waals surface area contributed by atoms with E-state index in [2.05, 4.69) is 16.0 Å². The van der Waals surface area contributed by atoms with Gasteiger partial charge in [0, 0.05) is 0 Å². The molecule has 5 nitrogen and oxygen atoms in total. The van der Waals surface area contributed by atoms with Crippen LogP contribution in [-0.4, -0.2) is 11.7 Å². The Balaban J connectivity index is 3.86. The Morgan fingerprint density at radius 2 is 2.00 bits per heavy atom. The van der Waals surface area contributed by atoms with E-state index in [-0.39, 0.29) is 0 Å². The fraction of sp³-hybridized carbons (Fsp3) is 0.750. The number of carbonyl (C=O) groups is 1. The summed E-state index contributed by atoms with van der Waals surface area (Å²) < 4.78 is 0. The summed E-state index contributed by atoms with van der Waals surface area (Å²) in [6.07, 6.45) is 0. The first-order chi connectivity index (χ1) is 3.92. The van der Waals surface area contributed by atoms with Crippen LogP contribution in [0, 0.1) is 0 Å². The summed E-state index contributed by atoms with van der Waals surface area (Å²) in [4.78, 5) is 9.95. The molecule has 0 aromatic heterocycles. The highest BCUT2D eigenvalue weighted by atomic mass is 16.2. The van der Waals surface area contributed by atoms with E-state index in [1.54, 1.807) is 13.8 Å². The van der Waals surface area contributed by atoms with Crippen molar-refractivity contribution in [2.75, 3.05) is 0 Å². The Labute approximate surface area is 53.1 Å². The largest absolute Gasteiger partial charge is 0.356 e. The minimum Gasteiger partial charge on any atom is -0.348 e. The molecule has 0 aliphatic heterocycles. The highest BCUT2D eigenvalue weighted by molar-refractivity contribution is 5.71. The second-order valence-corrected chi connectivity index (χ2v) is 2.19. The first kappa shape index (κ1) is 8.03. The van der Waals surface area contributed by atoms with Gasteiger partial charge in [0.25, 0.3) is 0 Å². The van der Waals surface area contributed by atoms with Gasteiger partial charge in [-0.15, -0.1) is 0 Å². The van der Waals surface area contributed by atoms with E-state index in [4.69, 9.17) is 5.73 Å². The van der Waals surface area contributed by atoms with Gasteiger partial charge in [-0.1, -0.05) is 5.11 Å². The molecular formula is C4H10N4O. The van der Waals surface area contributed by atoms with Gasteiger partial charge in [-0.05, 0) is 13.8 Å². The second-order valence-electron chi connectivity index (χ2n) is 2.19. The van der Waals surface area contributed by atoms with Gasteiger partial charge in [-0.25, -0.2) is 4.79 Å². The molecule has 0 aromatic rings. The van der Waals surface area contributed by atoms with Gasteiger partial charge >= 0.3 is 6.03 Å². The monoisotopic (exact) mass is 130 g/mol. The van der Waals surface area contributed by atoms with Crippen molar-refractivity contribution in [2.24, 2.45) is 21.7 Å². The molecule has 0 radical (unpaired) electrons. The van der Waals surface area contributed by atoms with E-state index in [1.165, 1.54) is 0 Å². The zero-order valence-electron chi connectivity index (χ0n) is 5.46. The van der Waals surface area contributed by atoms with Crippen LogP contribution in [0.25, 0.3) is 0 Å². The van der Waals surface area contributed by atoms with E-state index in [9.17, 15) is 4.79 Å². The molecule has 0 aromatic carbocycles. The fourth-order valence-corrected chi connectivity index (χ4v) is 0.178. The van der Waals surface area contributed by atoms with Crippen LogP contribution in [0.5, 0.6) is 0 Å². The van der Waals surface area contributed by atoms with Crippen molar-refractivity contribution in [1.82, 2.24) is 0 Å². The number of rotatable bonds is 1. The SMILES string of the molecule is CC(C)(N)N=NC(N)=O. The Hall–Kier alpha value is -0.970. The molecule has 0 aliphatic rings. The Bertz CT molecular complexity index is 134. The summed E-state index contributed by atoms with van der Waals surface area (Å²) in [5.41, 5.74) is 9.15. The number of urea groups is 1. The summed E-state index contributed by atoms with van der Waals surface area (Å²) in [7, 11) is 0. The molecule has 0 unspecified atom stereocenters. The number of azo groups is 1. The summed E-state index contributed by atoms with van der Waals surface area (Å²) in [5, 5.41) is 6.42. The van der Waals surface area contributed by atoms with Crippen molar-refractivity contribution in [1.29, 1.82) is 0 Å². The summed E-state index contributed by atoms with van der Waals surface area (Å²) >= 11 is 0. The molecular weight excluding hydrogens is 120 g/mol. The molecule has 0 saturated carbocycles. The first-order valence-corrected chi connectivity index (χ1v) is 2.43. The molecule has 2 amide bonds. The van der Waals surface area contributed by atoms with Crippen molar-refractivity contribution < 1.29 is 4.79 Å². The first-order valence-electron chi connectivity index (χ1n) is 2.43. The van der Waals surface area contributed by atoms with Gasteiger partial charge in [0.05, 0.1) is 0 Å². The van der Waals surface area contributed by atoms with E-state index < -0.39 is 11.7 Å². The van der Waals surface area contributed by atoms with Crippen LogP contribution in [0.2, 0.25) is 0 Å². The normalized spacial score (nSPS) is 12.3. The smallest absolute Gasteiger partial charge is 0.348 e. The lowest BCUT2D eigenvalue weighted by atomic mass is 10.3. The Morgan fingerprint density at radius 1 is 1.56 bits per heavy atom. The molecule has 0 rings (SSSR count). The van der Waals surface area contributed by atoms with Crippen molar-refractivity contribution in [3.8, 4) is 0 Å². The molecule has 0 spiro atoms. The lowest BCUT2D eigenvalue weighted by molar-refractivity contribution is 0.254. The third-order valence-electron chi connectivity index (χ3n) is 0.406. The molecule has 0 aliphatic carbocycles. The summed E-state index contributed by atoms with van der Waals surface area (Å²) in [6, 6.07) is -0.825. The molecule has 0 saturated heterocycles. The molecule has 9 heavy (non-hydrogen) atoms. The molecule has 0 bridgehead atoms. The number of amides is 2. The molecule has 0 atom stereocenters. The molecule has 0 fully saturated rings. The molecule has 0 heterocycles. The predicted octanol–water partition coefficient (Wildman–Crippen LogP) is 0.212. The van der Waals surface area contributed by atoms with Gasteiger partial charge < -0.3 is 11.5 Å². The van der Waals surface area contributed by atoms with Gasteiger partial charge in [0.2, 0.25) is 0 Å². The van der Waals surface area contributed by atoms with Gasteiger partial charge in [-0.3, -0.25) is 0 Å². The van der Waals surface area contributed by atoms with E-state index >= 15 is 0 Å². The van der Waals surface area contributed by atoms with Crippen LogP contribution < -0.4 is 11.5 Å². The van der Waals surface area contributed by atoms with Crippen LogP contribution in [0.4, 0.5) is 4.79 Å².